The minimum atomic E-state index is 0.578. The average molecular weight is 355 g/mol. The molecule has 0 aliphatic heterocycles. The molecule has 2 rings (SSSR count). The second-order valence-corrected chi connectivity index (χ2v) is 5.89. The molecule has 0 radical (unpaired) electrons. The average Bonchev–Trinajstić information content (AvgIpc) is 2.69. The van der Waals surface area contributed by atoms with E-state index in [2.05, 4.69) is 46.8 Å². The molecule has 2 aromatic carbocycles. The lowest BCUT2D eigenvalue weighted by Gasteiger charge is -2.11. The van der Waals surface area contributed by atoms with E-state index in [9.17, 15) is 0 Å². The maximum Gasteiger partial charge on any atom is 0.191 e. The van der Waals surface area contributed by atoms with Crippen LogP contribution < -0.4 is 15.4 Å². The summed E-state index contributed by atoms with van der Waals surface area (Å²) in [4.78, 5) is 4.62. The Morgan fingerprint density at radius 3 is 2.42 bits per heavy atom. The number of aliphatic imine (C=N–C) groups is 1. The van der Waals surface area contributed by atoms with E-state index in [1.165, 1.54) is 0 Å². The zero-order valence-corrected chi connectivity index (χ0v) is 15.7. The molecule has 5 heteroatoms. The molecule has 2 N–H and O–H groups in total. The number of benzene rings is 2. The highest BCUT2D eigenvalue weighted by Crippen LogP contribution is 2.14. The SMILES string of the molecule is CCNC(=NCc1ccc(OCc2ccccc2)cc1)NCCCOC. The number of hydrogen-bond acceptors (Lipinski definition) is 3. The van der Waals surface area contributed by atoms with Gasteiger partial charge in [-0.3, -0.25) is 0 Å². The van der Waals surface area contributed by atoms with Gasteiger partial charge in [-0.2, -0.15) is 0 Å². The van der Waals surface area contributed by atoms with Gasteiger partial charge in [-0.25, -0.2) is 4.99 Å². The normalized spacial score (nSPS) is 11.2. The molecule has 0 saturated carbocycles. The van der Waals surface area contributed by atoms with Crippen molar-refractivity contribution in [2.24, 2.45) is 4.99 Å². The van der Waals surface area contributed by atoms with Gasteiger partial charge < -0.3 is 20.1 Å². The van der Waals surface area contributed by atoms with E-state index in [-0.39, 0.29) is 0 Å². The van der Waals surface area contributed by atoms with Crippen molar-refractivity contribution in [1.29, 1.82) is 0 Å². The van der Waals surface area contributed by atoms with Crippen molar-refractivity contribution >= 4 is 5.96 Å². The minimum Gasteiger partial charge on any atom is -0.489 e. The van der Waals surface area contributed by atoms with Gasteiger partial charge in [0.2, 0.25) is 0 Å². The number of guanidine groups is 1. The molecule has 26 heavy (non-hydrogen) atoms. The van der Waals surface area contributed by atoms with Gasteiger partial charge in [0.15, 0.2) is 5.96 Å². The van der Waals surface area contributed by atoms with Gasteiger partial charge in [-0.15, -0.1) is 0 Å². The Morgan fingerprint density at radius 1 is 0.962 bits per heavy atom. The smallest absolute Gasteiger partial charge is 0.191 e. The second kappa shape index (κ2) is 11.9. The molecule has 0 amide bonds. The topological polar surface area (TPSA) is 54.9 Å². The predicted molar refractivity (Wildman–Crippen MR) is 107 cm³/mol. The third kappa shape index (κ3) is 7.57. The van der Waals surface area contributed by atoms with E-state index in [0.717, 1.165) is 49.0 Å². The van der Waals surface area contributed by atoms with E-state index in [0.29, 0.717) is 13.2 Å². The van der Waals surface area contributed by atoms with Crippen LogP contribution in [0, 0.1) is 0 Å². The van der Waals surface area contributed by atoms with E-state index >= 15 is 0 Å². The first-order valence-electron chi connectivity index (χ1n) is 9.08. The molecule has 0 aliphatic rings. The van der Waals surface area contributed by atoms with Gasteiger partial charge in [-0.05, 0) is 36.6 Å². The van der Waals surface area contributed by atoms with Crippen molar-refractivity contribution in [3.05, 3.63) is 65.7 Å². The zero-order chi connectivity index (χ0) is 18.5. The number of ether oxygens (including phenoxy) is 2. The number of hydrogen-bond donors (Lipinski definition) is 2. The molecule has 0 fully saturated rings. The van der Waals surface area contributed by atoms with Crippen LogP contribution in [0.15, 0.2) is 59.6 Å². The van der Waals surface area contributed by atoms with Crippen molar-refractivity contribution in [1.82, 2.24) is 10.6 Å². The maximum atomic E-state index is 5.81. The van der Waals surface area contributed by atoms with Crippen LogP contribution in [0.25, 0.3) is 0 Å². The van der Waals surface area contributed by atoms with Crippen molar-refractivity contribution in [3.63, 3.8) is 0 Å². The fourth-order valence-corrected chi connectivity index (χ4v) is 2.37. The van der Waals surface area contributed by atoms with Crippen LogP contribution in [0.3, 0.4) is 0 Å². The molecular formula is C21H29N3O2. The fourth-order valence-electron chi connectivity index (χ4n) is 2.37. The standard InChI is InChI=1S/C21H29N3O2/c1-3-22-21(23-14-7-15-25-2)24-16-18-10-12-20(13-11-18)26-17-19-8-5-4-6-9-19/h4-6,8-13H,3,7,14-17H2,1-2H3,(H2,22,23,24). The lowest BCUT2D eigenvalue weighted by atomic mass is 10.2. The number of nitrogens with zero attached hydrogens (tertiary/aromatic N) is 1. The van der Waals surface area contributed by atoms with Crippen LogP contribution in [0.1, 0.15) is 24.5 Å². The molecule has 0 bridgehead atoms. The van der Waals surface area contributed by atoms with E-state index in [1.54, 1.807) is 7.11 Å². The molecule has 0 unspecified atom stereocenters. The van der Waals surface area contributed by atoms with Crippen LogP contribution in [0.4, 0.5) is 0 Å². The lowest BCUT2D eigenvalue weighted by Crippen LogP contribution is -2.38. The predicted octanol–water partition coefficient (Wildman–Crippen LogP) is 3.36. The first kappa shape index (κ1) is 19.8. The largest absolute Gasteiger partial charge is 0.489 e. The summed E-state index contributed by atoms with van der Waals surface area (Å²) in [5.74, 6) is 1.69. The molecule has 0 atom stereocenters. The summed E-state index contributed by atoms with van der Waals surface area (Å²) < 4.78 is 10.9. The van der Waals surface area contributed by atoms with Crippen molar-refractivity contribution in [3.8, 4) is 5.75 Å². The highest BCUT2D eigenvalue weighted by molar-refractivity contribution is 5.79. The highest BCUT2D eigenvalue weighted by atomic mass is 16.5. The second-order valence-electron chi connectivity index (χ2n) is 5.89. The minimum absolute atomic E-state index is 0.578. The molecule has 5 nitrogen and oxygen atoms in total. The summed E-state index contributed by atoms with van der Waals surface area (Å²) in [6.07, 6.45) is 0.953. The number of rotatable bonds is 10. The Hall–Kier alpha value is -2.53. The van der Waals surface area contributed by atoms with Crippen LogP contribution in [0.5, 0.6) is 5.75 Å². The third-order valence-electron chi connectivity index (χ3n) is 3.75. The number of methoxy groups -OCH3 is 1. The van der Waals surface area contributed by atoms with Crippen LogP contribution in [-0.2, 0) is 17.9 Å². The molecule has 0 aliphatic carbocycles. The Bertz CT molecular complexity index is 642. The summed E-state index contributed by atoms with van der Waals surface area (Å²) in [6.45, 7) is 5.68. The molecular weight excluding hydrogens is 326 g/mol. The fraction of sp³-hybridized carbons (Fsp3) is 0.381. The molecule has 0 saturated heterocycles. The van der Waals surface area contributed by atoms with Crippen molar-refractivity contribution in [2.75, 3.05) is 26.8 Å². The maximum absolute atomic E-state index is 5.81. The van der Waals surface area contributed by atoms with Crippen LogP contribution >= 0.6 is 0 Å². The summed E-state index contributed by atoms with van der Waals surface area (Å²) in [5.41, 5.74) is 2.31. The Labute approximate surface area is 156 Å². The molecule has 0 heterocycles. The van der Waals surface area contributed by atoms with Crippen LogP contribution in [0.2, 0.25) is 0 Å². The first-order chi connectivity index (χ1) is 12.8. The van der Waals surface area contributed by atoms with Gasteiger partial charge in [0.1, 0.15) is 12.4 Å². The summed E-state index contributed by atoms with van der Waals surface area (Å²) >= 11 is 0. The molecule has 140 valence electrons. The van der Waals surface area contributed by atoms with Gasteiger partial charge in [0.25, 0.3) is 0 Å². The van der Waals surface area contributed by atoms with Gasteiger partial charge >= 0.3 is 0 Å². The highest BCUT2D eigenvalue weighted by Gasteiger charge is 1.99. The Balaban J connectivity index is 1.82. The summed E-state index contributed by atoms with van der Waals surface area (Å²) in [7, 11) is 1.71. The molecule has 0 spiro atoms. The zero-order valence-electron chi connectivity index (χ0n) is 15.7. The Kier molecular flexibility index (Phi) is 9.08. The Morgan fingerprint density at radius 2 is 1.73 bits per heavy atom. The van der Waals surface area contributed by atoms with Gasteiger partial charge in [0.05, 0.1) is 6.54 Å². The van der Waals surface area contributed by atoms with E-state index < -0.39 is 0 Å². The third-order valence-corrected chi connectivity index (χ3v) is 3.75. The monoisotopic (exact) mass is 355 g/mol. The quantitative estimate of drug-likeness (QED) is 0.390. The molecule has 0 aromatic heterocycles. The van der Waals surface area contributed by atoms with Gasteiger partial charge in [0, 0.05) is 26.8 Å². The lowest BCUT2D eigenvalue weighted by molar-refractivity contribution is 0.195. The van der Waals surface area contributed by atoms with Crippen molar-refractivity contribution in [2.45, 2.75) is 26.5 Å². The summed E-state index contributed by atoms with van der Waals surface area (Å²) in [6, 6.07) is 18.3. The summed E-state index contributed by atoms with van der Waals surface area (Å²) in [5, 5.41) is 6.56. The van der Waals surface area contributed by atoms with E-state index in [1.807, 2.05) is 30.3 Å². The first-order valence-corrected chi connectivity index (χ1v) is 9.08. The number of nitrogens with one attached hydrogen (secondary N) is 2. The van der Waals surface area contributed by atoms with Crippen LogP contribution in [-0.4, -0.2) is 32.8 Å². The van der Waals surface area contributed by atoms with Crippen molar-refractivity contribution < 1.29 is 9.47 Å². The van der Waals surface area contributed by atoms with E-state index in [4.69, 9.17) is 9.47 Å². The van der Waals surface area contributed by atoms with Gasteiger partial charge in [-0.1, -0.05) is 42.5 Å². The molecule has 2 aromatic rings.